The van der Waals surface area contributed by atoms with Gasteiger partial charge in [0.1, 0.15) is 12.4 Å². The molecule has 6 heteroatoms. The highest BCUT2D eigenvalue weighted by Crippen LogP contribution is 2.15. The number of carbonyl (C=O) groups excluding carboxylic acids is 1. The quantitative estimate of drug-likeness (QED) is 0.710. The van der Waals surface area contributed by atoms with E-state index in [1.165, 1.54) is 19.2 Å². The fourth-order valence-corrected chi connectivity index (χ4v) is 1.28. The smallest absolute Gasteiger partial charge is 0.250 e. The van der Waals surface area contributed by atoms with Gasteiger partial charge in [-0.2, -0.15) is 0 Å². The van der Waals surface area contributed by atoms with Crippen molar-refractivity contribution in [1.29, 1.82) is 0 Å². The second kappa shape index (κ2) is 7.75. The van der Waals surface area contributed by atoms with Crippen molar-refractivity contribution in [2.45, 2.75) is 6.54 Å². The van der Waals surface area contributed by atoms with E-state index < -0.39 is 11.7 Å². The summed E-state index contributed by atoms with van der Waals surface area (Å²) in [5.74, 6) is -0.923. The Hall–Kier alpha value is -1.50. The predicted octanol–water partition coefficient (Wildman–Crippen LogP) is 0.886. The summed E-state index contributed by atoms with van der Waals surface area (Å²) in [6.45, 7) is 0.845. The maximum Gasteiger partial charge on any atom is 0.250 e. The van der Waals surface area contributed by atoms with Gasteiger partial charge in [0.15, 0.2) is 0 Å². The largest absolute Gasteiger partial charge is 0.382 e. The van der Waals surface area contributed by atoms with E-state index in [1.54, 1.807) is 6.07 Å². The van der Waals surface area contributed by atoms with Gasteiger partial charge in [-0.15, -0.1) is 0 Å². The molecule has 0 aliphatic carbocycles. The van der Waals surface area contributed by atoms with Gasteiger partial charge in [0.05, 0.1) is 18.9 Å². The van der Waals surface area contributed by atoms with Crippen LogP contribution in [0.25, 0.3) is 0 Å². The number of ether oxygens (including phenoxy) is 2. The van der Waals surface area contributed by atoms with Crippen molar-refractivity contribution in [3.8, 4) is 0 Å². The van der Waals surface area contributed by atoms with Crippen LogP contribution in [0.15, 0.2) is 18.2 Å². The fourth-order valence-electron chi connectivity index (χ4n) is 1.28. The number of nitrogens with two attached hydrogens (primary N) is 1. The van der Waals surface area contributed by atoms with Crippen molar-refractivity contribution in [2.75, 3.05) is 32.2 Å². The summed E-state index contributed by atoms with van der Waals surface area (Å²) < 4.78 is 23.3. The van der Waals surface area contributed by atoms with Crippen molar-refractivity contribution in [3.63, 3.8) is 0 Å². The zero-order valence-electron chi connectivity index (χ0n) is 10.2. The molecule has 0 unspecified atom stereocenters. The molecule has 0 radical (unpaired) electrons. The number of benzene rings is 1. The van der Waals surface area contributed by atoms with E-state index in [2.05, 4.69) is 5.32 Å². The summed E-state index contributed by atoms with van der Waals surface area (Å²) in [4.78, 5) is 11.4. The van der Waals surface area contributed by atoms with Gasteiger partial charge in [-0.05, 0) is 17.7 Å². The van der Waals surface area contributed by atoms with Gasteiger partial charge in [0.25, 0.3) is 0 Å². The summed E-state index contributed by atoms with van der Waals surface area (Å²) in [7, 11) is 1.54. The summed E-state index contributed by atoms with van der Waals surface area (Å²) >= 11 is 0. The number of carbonyl (C=O) groups is 1. The maximum atomic E-state index is 13.5. The normalized spacial score (nSPS) is 10.4. The van der Waals surface area contributed by atoms with Crippen LogP contribution in [0.1, 0.15) is 5.56 Å². The molecule has 1 rings (SSSR count). The third kappa shape index (κ3) is 4.79. The van der Waals surface area contributed by atoms with Crippen LogP contribution in [-0.2, 0) is 20.8 Å². The second-order valence-corrected chi connectivity index (χ2v) is 3.61. The zero-order chi connectivity index (χ0) is 13.4. The number of methoxy groups -OCH3 is 1. The molecular formula is C12H17FN2O3. The number of nitrogens with one attached hydrogen (secondary N) is 1. The van der Waals surface area contributed by atoms with Crippen molar-refractivity contribution in [3.05, 3.63) is 29.6 Å². The number of halogens is 1. The van der Waals surface area contributed by atoms with Gasteiger partial charge in [-0.25, -0.2) is 4.39 Å². The van der Waals surface area contributed by atoms with Crippen LogP contribution in [0, 0.1) is 5.82 Å². The SMILES string of the molecule is COCCOCC(=O)Nc1ccc(CN)cc1F. The Morgan fingerprint density at radius 2 is 2.22 bits per heavy atom. The Labute approximate surface area is 105 Å². The molecule has 0 spiro atoms. The van der Waals surface area contributed by atoms with Gasteiger partial charge in [0, 0.05) is 13.7 Å². The van der Waals surface area contributed by atoms with Gasteiger partial charge in [0.2, 0.25) is 5.91 Å². The Morgan fingerprint density at radius 1 is 1.44 bits per heavy atom. The first-order valence-corrected chi connectivity index (χ1v) is 5.52. The van der Waals surface area contributed by atoms with E-state index in [-0.39, 0.29) is 18.8 Å². The highest BCUT2D eigenvalue weighted by atomic mass is 19.1. The number of amides is 1. The van der Waals surface area contributed by atoms with Gasteiger partial charge in [-0.3, -0.25) is 4.79 Å². The Kier molecular flexibility index (Phi) is 6.27. The lowest BCUT2D eigenvalue weighted by Crippen LogP contribution is -2.20. The van der Waals surface area contributed by atoms with Crippen molar-refractivity contribution in [1.82, 2.24) is 0 Å². The maximum absolute atomic E-state index is 13.5. The lowest BCUT2D eigenvalue weighted by molar-refractivity contribution is -0.121. The molecule has 0 aromatic heterocycles. The molecule has 5 nitrogen and oxygen atoms in total. The summed E-state index contributed by atoms with van der Waals surface area (Å²) in [6.07, 6.45) is 0. The molecule has 0 saturated carbocycles. The first-order chi connectivity index (χ1) is 8.67. The van der Waals surface area contributed by atoms with Crippen molar-refractivity contribution in [2.24, 2.45) is 5.73 Å². The lowest BCUT2D eigenvalue weighted by atomic mass is 10.2. The van der Waals surface area contributed by atoms with Crippen LogP contribution < -0.4 is 11.1 Å². The topological polar surface area (TPSA) is 73.6 Å². The average molecular weight is 256 g/mol. The molecular weight excluding hydrogens is 239 g/mol. The van der Waals surface area contributed by atoms with E-state index in [9.17, 15) is 9.18 Å². The highest BCUT2D eigenvalue weighted by Gasteiger charge is 2.07. The minimum atomic E-state index is -0.511. The Morgan fingerprint density at radius 3 is 2.83 bits per heavy atom. The molecule has 18 heavy (non-hydrogen) atoms. The van der Waals surface area contributed by atoms with E-state index in [0.29, 0.717) is 18.8 Å². The molecule has 0 saturated heterocycles. The molecule has 0 aliphatic rings. The van der Waals surface area contributed by atoms with Crippen LogP contribution in [0.2, 0.25) is 0 Å². The molecule has 0 bridgehead atoms. The van der Waals surface area contributed by atoms with Gasteiger partial charge < -0.3 is 20.5 Å². The third-order valence-corrected chi connectivity index (χ3v) is 2.21. The minimum Gasteiger partial charge on any atom is -0.382 e. The van der Waals surface area contributed by atoms with Crippen LogP contribution >= 0.6 is 0 Å². The molecule has 1 aromatic rings. The number of hydrogen-bond acceptors (Lipinski definition) is 4. The standard InChI is InChI=1S/C12H17FN2O3/c1-17-4-5-18-8-12(16)15-11-3-2-9(7-14)6-10(11)13/h2-3,6H,4-5,7-8,14H2,1H3,(H,15,16). The van der Waals surface area contributed by atoms with Gasteiger partial charge in [-0.1, -0.05) is 6.07 Å². The lowest BCUT2D eigenvalue weighted by Gasteiger charge is -2.08. The third-order valence-electron chi connectivity index (χ3n) is 2.21. The highest BCUT2D eigenvalue weighted by molar-refractivity contribution is 5.91. The predicted molar refractivity (Wildman–Crippen MR) is 65.6 cm³/mol. The number of anilines is 1. The Bertz CT molecular complexity index is 399. The van der Waals surface area contributed by atoms with Crippen molar-refractivity contribution < 1.29 is 18.7 Å². The second-order valence-electron chi connectivity index (χ2n) is 3.61. The van der Waals surface area contributed by atoms with Crippen molar-refractivity contribution >= 4 is 11.6 Å². The van der Waals surface area contributed by atoms with Gasteiger partial charge >= 0.3 is 0 Å². The summed E-state index contributed by atoms with van der Waals surface area (Å²) in [5, 5.41) is 2.42. The molecule has 0 atom stereocenters. The van der Waals surface area contributed by atoms with E-state index in [1.807, 2.05) is 0 Å². The summed E-state index contributed by atoms with van der Waals surface area (Å²) in [5.41, 5.74) is 6.16. The van der Waals surface area contributed by atoms with Crippen LogP contribution in [-0.4, -0.2) is 32.8 Å². The monoisotopic (exact) mass is 256 g/mol. The van der Waals surface area contributed by atoms with Crippen LogP contribution in [0.4, 0.5) is 10.1 Å². The molecule has 1 aromatic carbocycles. The van der Waals surface area contributed by atoms with E-state index >= 15 is 0 Å². The molecule has 0 aliphatic heterocycles. The molecule has 1 amide bonds. The molecule has 3 N–H and O–H groups in total. The molecule has 100 valence electrons. The molecule has 0 heterocycles. The molecule has 0 fully saturated rings. The Balaban J connectivity index is 2.44. The fraction of sp³-hybridized carbons (Fsp3) is 0.417. The number of rotatable bonds is 7. The average Bonchev–Trinajstić information content (AvgIpc) is 2.37. The first kappa shape index (κ1) is 14.6. The van der Waals surface area contributed by atoms with E-state index in [4.69, 9.17) is 15.2 Å². The summed E-state index contributed by atoms with van der Waals surface area (Å²) in [6, 6.07) is 4.43. The van der Waals surface area contributed by atoms with E-state index in [0.717, 1.165) is 0 Å². The van der Waals surface area contributed by atoms with Crippen LogP contribution in [0.5, 0.6) is 0 Å². The van der Waals surface area contributed by atoms with Crippen LogP contribution in [0.3, 0.4) is 0 Å². The zero-order valence-corrected chi connectivity index (χ0v) is 10.2. The first-order valence-electron chi connectivity index (χ1n) is 5.52. The number of hydrogen-bond donors (Lipinski definition) is 2. The minimum absolute atomic E-state index is 0.118.